The van der Waals surface area contributed by atoms with Crippen LogP contribution in [0.4, 0.5) is 5.95 Å². The largest absolute Gasteiger partial charge is 0.383 e. The van der Waals surface area contributed by atoms with Crippen molar-refractivity contribution in [3.8, 4) is 0 Å². The fourth-order valence-electron chi connectivity index (χ4n) is 3.92. The summed E-state index contributed by atoms with van der Waals surface area (Å²) in [5.74, 6) is -0.0509. The number of imidazole rings is 1. The molecule has 10 heteroatoms. The molecule has 23 heavy (non-hydrogen) atoms. The van der Waals surface area contributed by atoms with Crippen LogP contribution in [0.15, 0.2) is 11.1 Å². The number of aromatic nitrogens is 4. The monoisotopic (exact) mass is 433 g/mol. The van der Waals surface area contributed by atoms with Gasteiger partial charge >= 0.3 is 0 Å². The van der Waals surface area contributed by atoms with Crippen molar-refractivity contribution in [1.29, 1.82) is 0 Å². The highest BCUT2D eigenvalue weighted by molar-refractivity contribution is 14.1. The topological polar surface area (TPSA) is 139 Å². The molecule has 5 N–H and O–H groups in total. The summed E-state index contributed by atoms with van der Waals surface area (Å²) >= 11 is 2.11. The van der Waals surface area contributed by atoms with Crippen LogP contribution in [0.3, 0.4) is 0 Å². The Kier molecular flexibility index (Phi) is 2.82. The second-order valence-electron chi connectivity index (χ2n) is 6.56. The van der Waals surface area contributed by atoms with Crippen molar-refractivity contribution in [1.82, 2.24) is 19.5 Å². The van der Waals surface area contributed by atoms with Crippen LogP contribution in [-0.4, -0.2) is 51.5 Å². The maximum atomic E-state index is 11.9. The van der Waals surface area contributed by atoms with Crippen molar-refractivity contribution < 1.29 is 14.9 Å². The highest BCUT2D eigenvalue weighted by Gasteiger charge is 2.92. The van der Waals surface area contributed by atoms with Gasteiger partial charge in [0, 0.05) is 9.84 Å². The number of nitrogens with zero attached hydrogens (tertiary/aromatic N) is 3. The molecule has 3 heterocycles. The number of aliphatic hydroxyl groups is 2. The lowest BCUT2D eigenvalue weighted by molar-refractivity contribution is -0.103. The predicted octanol–water partition coefficient (Wildman–Crippen LogP) is -0.464. The number of nitrogens with two attached hydrogens (primary N) is 1. The molecular weight excluding hydrogens is 417 g/mol. The van der Waals surface area contributed by atoms with Crippen molar-refractivity contribution in [3.63, 3.8) is 0 Å². The van der Waals surface area contributed by atoms with Crippen molar-refractivity contribution >= 4 is 39.7 Å². The maximum Gasteiger partial charge on any atom is 0.280 e. The van der Waals surface area contributed by atoms with Crippen LogP contribution in [0.1, 0.15) is 20.1 Å². The quantitative estimate of drug-likeness (QED) is 0.371. The molecule has 2 aromatic rings. The summed E-state index contributed by atoms with van der Waals surface area (Å²) < 4.78 is 7.85. The highest BCUT2D eigenvalue weighted by atomic mass is 127. The summed E-state index contributed by atoms with van der Waals surface area (Å²) in [4.78, 5) is 22.4. The standard InChI is InChI=1S/C13H16IN5O4/c1-11(2)12(21)5(3-14)23-9(13(11,12)22)19-4-16-6-7(19)17-10(15)18-8(6)20/h4-5,9,21-22H,3H2,1-2H3,(H3,15,17,18,20)/t5-,9-,12+,13-/m1/s1. The Balaban J connectivity index is 1.92. The number of alkyl halides is 1. The SMILES string of the molecule is CC1(C)[C@]2(O)[C@H](n3cnc4c(=O)[nH]c(N)nc43)O[C@H](CI)[C@]12O. The van der Waals surface area contributed by atoms with Crippen LogP contribution in [0, 0.1) is 5.41 Å². The number of halogens is 1. The van der Waals surface area contributed by atoms with Crippen molar-refractivity contribution in [2.45, 2.75) is 37.4 Å². The number of fused-ring (bicyclic) bond motifs is 2. The molecule has 0 aromatic carbocycles. The van der Waals surface area contributed by atoms with E-state index in [2.05, 4.69) is 37.5 Å². The lowest BCUT2D eigenvalue weighted by Gasteiger charge is -2.27. The number of rotatable bonds is 2. The van der Waals surface area contributed by atoms with Gasteiger partial charge in [-0.1, -0.05) is 36.4 Å². The van der Waals surface area contributed by atoms with E-state index in [1.807, 2.05) is 0 Å². The molecule has 0 spiro atoms. The zero-order chi connectivity index (χ0) is 16.8. The second kappa shape index (κ2) is 4.23. The first-order valence-corrected chi connectivity index (χ1v) is 8.61. The fraction of sp³-hybridized carbons (Fsp3) is 0.615. The molecule has 0 amide bonds. The number of hydrogen-bond donors (Lipinski definition) is 4. The number of ether oxygens (including phenoxy) is 1. The third-order valence-electron chi connectivity index (χ3n) is 5.38. The molecule has 2 aliphatic rings. The van der Waals surface area contributed by atoms with Gasteiger partial charge in [0.15, 0.2) is 17.4 Å². The molecule has 0 bridgehead atoms. The van der Waals surface area contributed by atoms with E-state index < -0.39 is 34.5 Å². The summed E-state index contributed by atoms with van der Waals surface area (Å²) in [7, 11) is 0. The molecule has 2 fully saturated rings. The third-order valence-corrected chi connectivity index (χ3v) is 6.18. The minimum atomic E-state index is -1.50. The average Bonchev–Trinajstić information content (AvgIpc) is 2.84. The Morgan fingerprint density at radius 1 is 1.48 bits per heavy atom. The van der Waals surface area contributed by atoms with E-state index in [4.69, 9.17) is 10.5 Å². The molecule has 1 saturated carbocycles. The summed E-state index contributed by atoms with van der Waals surface area (Å²) in [6, 6.07) is 0. The summed E-state index contributed by atoms with van der Waals surface area (Å²) in [5.41, 5.74) is 1.82. The van der Waals surface area contributed by atoms with Gasteiger partial charge < -0.3 is 20.7 Å². The van der Waals surface area contributed by atoms with Gasteiger partial charge in [0.2, 0.25) is 5.95 Å². The first-order chi connectivity index (χ1) is 10.7. The highest BCUT2D eigenvalue weighted by Crippen LogP contribution is 2.75. The number of hydrogen-bond acceptors (Lipinski definition) is 7. The zero-order valence-corrected chi connectivity index (χ0v) is 14.6. The smallest absolute Gasteiger partial charge is 0.280 e. The van der Waals surface area contributed by atoms with E-state index in [1.165, 1.54) is 10.9 Å². The van der Waals surface area contributed by atoms with E-state index in [0.717, 1.165) is 0 Å². The molecule has 2 aromatic heterocycles. The predicted molar refractivity (Wildman–Crippen MR) is 89.0 cm³/mol. The summed E-state index contributed by atoms with van der Waals surface area (Å²) in [6.45, 7) is 3.57. The molecule has 0 unspecified atom stereocenters. The van der Waals surface area contributed by atoms with Gasteiger partial charge in [0.05, 0.1) is 6.33 Å². The number of nitrogens with one attached hydrogen (secondary N) is 1. The maximum absolute atomic E-state index is 11.9. The van der Waals surface area contributed by atoms with Gasteiger partial charge in [-0.2, -0.15) is 4.98 Å². The van der Waals surface area contributed by atoms with Crippen molar-refractivity contribution in [3.05, 3.63) is 16.7 Å². The van der Waals surface area contributed by atoms with Crippen LogP contribution < -0.4 is 11.3 Å². The van der Waals surface area contributed by atoms with Gasteiger partial charge in [0.25, 0.3) is 5.56 Å². The Hall–Kier alpha value is -1.24. The zero-order valence-electron chi connectivity index (χ0n) is 12.4. The molecule has 1 saturated heterocycles. The molecule has 9 nitrogen and oxygen atoms in total. The van der Waals surface area contributed by atoms with Gasteiger partial charge in [-0.25, -0.2) is 4.98 Å². The number of aromatic amines is 1. The van der Waals surface area contributed by atoms with Gasteiger partial charge in [-0.05, 0) is 0 Å². The summed E-state index contributed by atoms with van der Waals surface area (Å²) in [5, 5.41) is 22.1. The Labute approximate surface area is 144 Å². The lowest BCUT2D eigenvalue weighted by atomic mass is 10.0. The first-order valence-electron chi connectivity index (χ1n) is 7.08. The van der Waals surface area contributed by atoms with Crippen LogP contribution in [0.25, 0.3) is 11.2 Å². The number of H-pyrrole nitrogens is 1. The van der Waals surface area contributed by atoms with Gasteiger partial charge in [0.1, 0.15) is 17.3 Å². The second-order valence-corrected chi connectivity index (χ2v) is 7.45. The third kappa shape index (κ3) is 1.46. The number of anilines is 1. The Morgan fingerprint density at radius 2 is 2.17 bits per heavy atom. The molecule has 4 rings (SSSR count). The fourth-order valence-corrected chi connectivity index (χ4v) is 4.77. The van der Waals surface area contributed by atoms with Crippen molar-refractivity contribution in [2.75, 3.05) is 10.2 Å². The van der Waals surface area contributed by atoms with Crippen LogP contribution >= 0.6 is 22.6 Å². The Bertz CT molecular complexity index is 879. The molecule has 4 atom stereocenters. The molecule has 1 aliphatic heterocycles. The normalized spacial score (nSPS) is 38.0. The molecule has 0 radical (unpaired) electrons. The van der Waals surface area contributed by atoms with E-state index >= 15 is 0 Å². The minimum Gasteiger partial charge on any atom is -0.383 e. The first kappa shape index (κ1) is 15.3. The van der Waals surface area contributed by atoms with E-state index in [-0.39, 0.29) is 17.1 Å². The van der Waals surface area contributed by atoms with E-state index in [9.17, 15) is 15.0 Å². The van der Waals surface area contributed by atoms with Crippen LogP contribution in [-0.2, 0) is 4.74 Å². The Morgan fingerprint density at radius 3 is 2.78 bits per heavy atom. The van der Waals surface area contributed by atoms with Crippen LogP contribution in [0.5, 0.6) is 0 Å². The minimum absolute atomic E-state index is 0.0509. The number of nitrogen functional groups attached to an aromatic ring is 1. The molecular formula is C13H16IN5O4. The van der Waals surface area contributed by atoms with Gasteiger partial charge in [-0.3, -0.25) is 14.3 Å². The van der Waals surface area contributed by atoms with E-state index in [1.54, 1.807) is 13.8 Å². The molecule has 1 aliphatic carbocycles. The van der Waals surface area contributed by atoms with Crippen LogP contribution in [0.2, 0.25) is 0 Å². The average molecular weight is 433 g/mol. The van der Waals surface area contributed by atoms with E-state index in [0.29, 0.717) is 4.43 Å². The molecule has 124 valence electrons. The van der Waals surface area contributed by atoms with Gasteiger partial charge in [-0.15, -0.1) is 0 Å². The lowest BCUT2D eigenvalue weighted by Crippen LogP contribution is -2.34. The van der Waals surface area contributed by atoms with Crippen molar-refractivity contribution in [2.24, 2.45) is 5.41 Å². The summed E-state index contributed by atoms with van der Waals surface area (Å²) in [6.07, 6.45) is -0.0646.